The lowest BCUT2D eigenvalue weighted by molar-refractivity contribution is -0.135. The van der Waals surface area contributed by atoms with E-state index in [4.69, 9.17) is 9.47 Å². The van der Waals surface area contributed by atoms with Crippen molar-refractivity contribution >= 4 is 16.8 Å². The molecule has 2 heterocycles. The molecule has 0 spiro atoms. The van der Waals surface area contributed by atoms with E-state index in [1.165, 1.54) is 10.9 Å². The van der Waals surface area contributed by atoms with Crippen LogP contribution in [0.25, 0.3) is 10.9 Å². The Hall–Kier alpha value is -2.99. The molecule has 1 aliphatic heterocycles. The number of para-hydroxylation sites is 1. The van der Waals surface area contributed by atoms with E-state index in [1.807, 2.05) is 36.4 Å². The zero-order chi connectivity index (χ0) is 20.4. The van der Waals surface area contributed by atoms with E-state index in [-0.39, 0.29) is 18.6 Å². The van der Waals surface area contributed by atoms with Crippen molar-refractivity contribution in [3.63, 3.8) is 0 Å². The van der Waals surface area contributed by atoms with Gasteiger partial charge in [0.15, 0.2) is 11.5 Å². The summed E-state index contributed by atoms with van der Waals surface area (Å²) in [5.74, 6) is 1.37. The first-order valence-electron chi connectivity index (χ1n) is 9.84. The molecule has 0 bridgehead atoms. The number of nitrogens with one attached hydrogen (secondary N) is 1. The number of aromatic nitrogens is 1. The van der Waals surface area contributed by atoms with Crippen LogP contribution in [0.2, 0.25) is 0 Å². The average Bonchev–Trinajstić information content (AvgIpc) is 3.13. The molecule has 2 aromatic carbocycles. The van der Waals surface area contributed by atoms with Gasteiger partial charge in [0.25, 0.3) is 0 Å². The van der Waals surface area contributed by atoms with Crippen LogP contribution in [0.15, 0.2) is 42.5 Å². The van der Waals surface area contributed by atoms with E-state index in [9.17, 15) is 9.90 Å². The quantitative estimate of drug-likeness (QED) is 0.674. The normalized spacial score (nSPS) is 16.0. The Morgan fingerprint density at radius 2 is 1.97 bits per heavy atom. The summed E-state index contributed by atoms with van der Waals surface area (Å²) in [4.78, 5) is 18.2. The van der Waals surface area contributed by atoms with Gasteiger partial charge in [-0.3, -0.25) is 4.79 Å². The molecule has 2 N–H and O–H groups in total. The summed E-state index contributed by atoms with van der Waals surface area (Å²) in [6, 6.07) is 13.7. The Balaban J connectivity index is 1.49. The van der Waals surface area contributed by atoms with Gasteiger partial charge in [-0.25, -0.2) is 0 Å². The molecule has 1 aromatic heterocycles. The summed E-state index contributed by atoms with van der Waals surface area (Å²) in [5.41, 5.74) is 4.37. The second-order valence-electron chi connectivity index (χ2n) is 7.38. The van der Waals surface area contributed by atoms with Crippen LogP contribution in [0, 0.1) is 0 Å². The molecule has 0 aliphatic carbocycles. The van der Waals surface area contributed by atoms with Gasteiger partial charge in [0.1, 0.15) is 0 Å². The highest BCUT2D eigenvalue weighted by atomic mass is 16.5. The summed E-state index contributed by atoms with van der Waals surface area (Å²) >= 11 is 0. The van der Waals surface area contributed by atoms with Crippen molar-refractivity contribution in [2.45, 2.75) is 31.8 Å². The first-order valence-corrected chi connectivity index (χ1v) is 9.84. The van der Waals surface area contributed by atoms with Crippen LogP contribution in [-0.2, 0) is 24.2 Å². The molecule has 6 nitrogen and oxygen atoms in total. The van der Waals surface area contributed by atoms with E-state index in [0.717, 1.165) is 16.8 Å². The lowest BCUT2D eigenvalue weighted by atomic mass is 9.96. The number of aromatic amines is 1. The number of H-pyrrole nitrogens is 1. The molecule has 4 rings (SSSR count). The number of benzene rings is 2. The Morgan fingerprint density at radius 1 is 1.17 bits per heavy atom. The molecule has 3 aromatic rings. The number of hydrogen-bond acceptors (Lipinski definition) is 4. The molecular weight excluding hydrogens is 368 g/mol. The average molecular weight is 394 g/mol. The number of aryl methyl sites for hydroxylation is 1. The third-order valence-electron chi connectivity index (χ3n) is 5.72. The Kier molecular flexibility index (Phi) is 5.45. The van der Waals surface area contributed by atoms with Crippen LogP contribution in [0.5, 0.6) is 11.5 Å². The van der Waals surface area contributed by atoms with Crippen molar-refractivity contribution < 1.29 is 19.4 Å². The number of ether oxygens (including phenoxy) is 2. The second kappa shape index (κ2) is 8.17. The number of carbonyl (C=O) groups excluding carboxylic acids is 1. The number of hydrogen-bond donors (Lipinski definition) is 2. The number of amides is 1. The highest BCUT2D eigenvalue weighted by Crippen LogP contribution is 2.31. The van der Waals surface area contributed by atoms with Crippen LogP contribution in [0.4, 0.5) is 0 Å². The zero-order valence-corrected chi connectivity index (χ0v) is 16.8. The molecule has 1 atom stereocenters. The van der Waals surface area contributed by atoms with Gasteiger partial charge in [-0.15, -0.1) is 0 Å². The molecule has 29 heavy (non-hydrogen) atoms. The summed E-state index contributed by atoms with van der Waals surface area (Å²) < 4.78 is 10.6. The van der Waals surface area contributed by atoms with E-state index in [0.29, 0.717) is 37.3 Å². The van der Waals surface area contributed by atoms with Crippen molar-refractivity contribution in [3.8, 4) is 11.5 Å². The third-order valence-corrected chi connectivity index (χ3v) is 5.72. The maximum atomic E-state index is 13.0. The maximum absolute atomic E-state index is 13.0. The Bertz CT molecular complexity index is 1030. The van der Waals surface area contributed by atoms with Crippen molar-refractivity contribution in [2.75, 3.05) is 20.8 Å². The van der Waals surface area contributed by atoms with Crippen molar-refractivity contribution in [3.05, 3.63) is 59.3 Å². The highest BCUT2D eigenvalue weighted by molar-refractivity contribution is 5.86. The second-order valence-corrected chi connectivity index (χ2v) is 7.38. The van der Waals surface area contributed by atoms with Crippen LogP contribution in [0.1, 0.15) is 23.2 Å². The Morgan fingerprint density at radius 3 is 2.72 bits per heavy atom. The number of aliphatic hydroxyl groups is 1. The minimum Gasteiger partial charge on any atom is -0.493 e. The van der Waals surface area contributed by atoms with E-state index in [2.05, 4.69) is 11.1 Å². The summed E-state index contributed by atoms with van der Waals surface area (Å²) in [6.45, 7) is 0.459. The zero-order valence-electron chi connectivity index (χ0n) is 16.8. The molecule has 0 fully saturated rings. The molecule has 0 radical (unpaired) electrons. The van der Waals surface area contributed by atoms with Gasteiger partial charge in [-0.2, -0.15) is 0 Å². The molecule has 1 unspecified atom stereocenters. The van der Waals surface area contributed by atoms with E-state index < -0.39 is 0 Å². The summed E-state index contributed by atoms with van der Waals surface area (Å²) in [5, 5.41) is 11.1. The van der Waals surface area contributed by atoms with Crippen molar-refractivity contribution in [1.82, 2.24) is 9.88 Å². The van der Waals surface area contributed by atoms with Crippen molar-refractivity contribution in [2.24, 2.45) is 0 Å². The standard InChI is InChI=1S/C23H26N2O4/c1-28-21-9-7-15(11-22(21)29-2)8-10-23(27)25-13-20-18(12-16(25)14-26)17-5-3-4-6-19(17)24-20/h3-7,9,11,16,24,26H,8,10,12-14H2,1-2H3. The van der Waals surface area contributed by atoms with Gasteiger partial charge >= 0.3 is 0 Å². The molecule has 0 saturated carbocycles. The number of methoxy groups -OCH3 is 2. The largest absolute Gasteiger partial charge is 0.493 e. The first kappa shape index (κ1) is 19.3. The van der Waals surface area contributed by atoms with Gasteiger partial charge in [-0.05, 0) is 42.2 Å². The fourth-order valence-corrected chi connectivity index (χ4v) is 4.16. The van der Waals surface area contributed by atoms with Gasteiger partial charge in [0.05, 0.1) is 33.4 Å². The van der Waals surface area contributed by atoms with Gasteiger partial charge in [0, 0.05) is 23.0 Å². The van der Waals surface area contributed by atoms with Gasteiger partial charge < -0.3 is 24.5 Å². The van der Waals surface area contributed by atoms with E-state index in [1.54, 1.807) is 19.1 Å². The number of rotatable bonds is 6. The minimum atomic E-state index is -0.195. The molecule has 0 saturated heterocycles. The number of fused-ring (bicyclic) bond motifs is 3. The summed E-state index contributed by atoms with van der Waals surface area (Å²) in [7, 11) is 3.20. The smallest absolute Gasteiger partial charge is 0.223 e. The third kappa shape index (κ3) is 3.68. The highest BCUT2D eigenvalue weighted by Gasteiger charge is 2.31. The molecule has 152 valence electrons. The topological polar surface area (TPSA) is 74.8 Å². The van der Waals surface area contributed by atoms with E-state index >= 15 is 0 Å². The fourth-order valence-electron chi connectivity index (χ4n) is 4.16. The lowest BCUT2D eigenvalue weighted by Gasteiger charge is -2.35. The first-order chi connectivity index (χ1) is 14.1. The SMILES string of the molecule is COc1ccc(CCC(=O)N2Cc3[nH]c4ccccc4c3CC2CO)cc1OC. The predicted molar refractivity (Wildman–Crippen MR) is 111 cm³/mol. The molecule has 6 heteroatoms. The predicted octanol–water partition coefficient (Wildman–Crippen LogP) is 3.06. The molecule has 1 aliphatic rings. The van der Waals surface area contributed by atoms with Gasteiger partial charge in [0.2, 0.25) is 5.91 Å². The number of carbonyl (C=O) groups is 1. The number of aliphatic hydroxyl groups excluding tert-OH is 1. The summed E-state index contributed by atoms with van der Waals surface area (Å²) in [6.07, 6.45) is 1.65. The van der Waals surface area contributed by atoms with Crippen LogP contribution < -0.4 is 9.47 Å². The maximum Gasteiger partial charge on any atom is 0.223 e. The van der Waals surface area contributed by atoms with Gasteiger partial charge in [-0.1, -0.05) is 24.3 Å². The van der Waals surface area contributed by atoms with Crippen LogP contribution in [0.3, 0.4) is 0 Å². The van der Waals surface area contributed by atoms with Crippen molar-refractivity contribution in [1.29, 1.82) is 0 Å². The fraction of sp³-hybridized carbons (Fsp3) is 0.348. The van der Waals surface area contributed by atoms with Crippen LogP contribution >= 0.6 is 0 Å². The minimum absolute atomic E-state index is 0.0406. The van der Waals surface area contributed by atoms with Crippen LogP contribution in [-0.4, -0.2) is 47.8 Å². The monoisotopic (exact) mass is 394 g/mol. The number of nitrogens with zero attached hydrogens (tertiary/aromatic N) is 1. The lowest BCUT2D eigenvalue weighted by Crippen LogP contribution is -2.46. The Labute approximate surface area is 170 Å². The molecular formula is C23H26N2O4. The molecule has 1 amide bonds.